The van der Waals surface area contributed by atoms with Gasteiger partial charge in [-0.3, -0.25) is 25.2 Å². The summed E-state index contributed by atoms with van der Waals surface area (Å²) in [5, 5.41) is 0.604. The average Bonchev–Trinajstić information content (AvgIpc) is 2.78. The molecule has 1 aliphatic heterocycles. The Hall–Kier alpha value is -3.12. The molecule has 0 atom stereocenters. The van der Waals surface area contributed by atoms with Crippen LogP contribution in [0, 0.1) is 5.92 Å². The largest absolute Gasteiger partial charge is 0.339 e. The van der Waals surface area contributed by atoms with E-state index < -0.39 is 0 Å². The molecule has 1 fully saturated rings. The minimum Gasteiger partial charge on any atom is -0.339 e. The van der Waals surface area contributed by atoms with Crippen molar-refractivity contribution in [3.63, 3.8) is 0 Å². The lowest BCUT2D eigenvalue weighted by Crippen LogP contribution is -2.48. The summed E-state index contributed by atoms with van der Waals surface area (Å²) < 4.78 is 0. The van der Waals surface area contributed by atoms with Crippen LogP contribution in [-0.4, -0.2) is 35.7 Å². The normalized spacial score (nSPS) is 14.5. The fourth-order valence-corrected chi connectivity index (χ4v) is 3.39. The number of nitrogens with one attached hydrogen (secondary N) is 2. The topological polar surface area (TPSA) is 78.5 Å². The molecule has 0 aliphatic carbocycles. The number of hydrogen-bond donors (Lipinski definition) is 2. The summed E-state index contributed by atoms with van der Waals surface area (Å²) in [6, 6.07) is 16.6. The zero-order valence-corrected chi connectivity index (χ0v) is 17.3. The van der Waals surface area contributed by atoms with Gasteiger partial charge in [-0.25, -0.2) is 0 Å². The van der Waals surface area contributed by atoms with Crippen molar-refractivity contribution >= 4 is 35.4 Å². The Balaban J connectivity index is 1.39. The molecule has 3 rings (SSSR count). The maximum absolute atomic E-state index is 12.3. The quantitative estimate of drug-likeness (QED) is 0.571. The highest BCUT2D eigenvalue weighted by atomic mass is 35.5. The van der Waals surface area contributed by atoms with Gasteiger partial charge in [-0.05, 0) is 42.2 Å². The van der Waals surface area contributed by atoms with E-state index in [1.807, 2.05) is 30.3 Å². The Morgan fingerprint density at radius 1 is 0.967 bits per heavy atom. The summed E-state index contributed by atoms with van der Waals surface area (Å²) in [5.74, 6) is -0.826. The van der Waals surface area contributed by atoms with Crippen LogP contribution in [0.4, 0.5) is 0 Å². The molecule has 6 nitrogen and oxygen atoms in total. The second-order valence-corrected chi connectivity index (χ2v) is 7.62. The molecular formula is C23H24ClN3O3. The van der Waals surface area contributed by atoms with E-state index in [0.717, 1.165) is 11.1 Å². The van der Waals surface area contributed by atoms with Crippen molar-refractivity contribution in [2.45, 2.75) is 19.3 Å². The van der Waals surface area contributed by atoms with Gasteiger partial charge in [0.15, 0.2) is 0 Å². The van der Waals surface area contributed by atoms with Crippen molar-refractivity contribution in [3.8, 4) is 0 Å². The number of amides is 3. The van der Waals surface area contributed by atoms with Crippen LogP contribution in [0.1, 0.15) is 24.0 Å². The van der Waals surface area contributed by atoms with Gasteiger partial charge in [0.1, 0.15) is 0 Å². The zero-order valence-electron chi connectivity index (χ0n) is 16.5. The summed E-state index contributed by atoms with van der Waals surface area (Å²) in [4.78, 5) is 38.4. The molecule has 2 N–H and O–H groups in total. The molecule has 2 aromatic carbocycles. The zero-order chi connectivity index (χ0) is 21.3. The molecule has 30 heavy (non-hydrogen) atoms. The first-order valence-electron chi connectivity index (χ1n) is 9.86. The fourth-order valence-electron chi connectivity index (χ4n) is 3.26. The maximum atomic E-state index is 12.3. The summed E-state index contributed by atoms with van der Waals surface area (Å²) in [6.45, 7) is 1.02. The number of nitrogens with zero attached hydrogens (tertiary/aromatic N) is 1. The second kappa shape index (κ2) is 10.6. The van der Waals surface area contributed by atoms with E-state index in [9.17, 15) is 14.4 Å². The first-order chi connectivity index (χ1) is 14.5. The molecule has 0 aromatic heterocycles. The van der Waals surface area contributed by atoms with Crippen LogP contribution in [0.5, 0.6) is 0 Å². The Bertz CT molecular complexity index is 905. The summed E-state index contributed by atoms with van der Waals surface area (Å²) >= 11 is 5.83. The fraction of sp³-hybridized carbons (Fsp3) is 0.261. The number of halogens is 1. The molecule has 2 aromatic rings. The average molecular weight is 426 g/mol. The van der Waals surface area contributed by atoms with Gasteiger partial charge in [0.05, 0.1) is 6.42 Å². The first kappa shape index (κ1) is 21.6. The Kier molecular flexibility index (Phi) is 7.63. The second-order valence-electron chi connectivity index (χ2n) is 7.18. The number of carbonyl (C=O) groups excluding carboxylic acids is 3. The molecule has 1 aliphatic rings. The van der Waals surface area contributed by atoms with Gasteiger partial charge in [-0.15, -0.1) is 0 Å². The van der Waals surface area contributed by atoms with Crippen LogP contribution in [0.25, 0.3) is 6.08 Å². The molecule has 0 saturated carbocycles. The molecule has 156 valence electrons. The van der Waals surface area contributed by atoms with Gasteiger partial charge in [0.2, 0.25) is 17.7 Å². The minimum atomic E-state index is -0.302. The number of carbonyl (C=O) groups is 3. The van der Waals surface area contributed by atoms with Crippen molar-refractivity contribution in [3.05, 3.63) is 76.8 Å². The van der Waals surface area contributed by atoms with Gasteiger partial charge in [0, 0.05) is 30.1 Å². The van der Waals surface area contributed by atoms with Gasteiger partial charge < -0.3 is 4.90 Å². The van der Waals surface area contributed by atoms with Gasteiger partial charge in [-0.1, -0.05) is 54.1 Å². The molecule has 3 amide bonds. The van der Waals surface area contributed by atoms with Crippen LogP contribution in [0.15, 0.2) is 60.7 Å². The van der Waals surface area contributed by atoms with Crippen molar-refractivity contribution in [2.75, 3.05) is 13.1 Å². The van der Waals surface area contributed by atoms with Gasteiger partial charge in [0.25, 0.3) is 0 Å². The first-order valence-corrected chi connectivity index (χ1v) is 10.2. The van der Waals surface area contributed by atoms with Crippen molar-refractivity contribution in [2.24, 2.45) is 5.92 Å². The van der Waals surface area contributed by atoms with Crippen molar-refractivity contribution in [1.29, 1.82) is 0 Å². The molecule has 7 heteroatoms. The lowest BCUT2D eigenvalue weighted by molar-refractivity contribution is -0.134. The molecule has 0 bridgehead atoms. The van der Waals surface area contributed by atoms with Gasteiger partial charge in [-0.2, -0.15) is 0 Å². The van der Waals surface area contributed by atoms with E-state index in [4.69, 9.17) is 11.6 Å². The highest BCUT2D eigenvalue weighted by Crippen LogP contribution is 2.18. The molecule has 1 heterocycles. The van der Waals surface area contributed by atoms with Crippen molar-refractivity contribution < 1.29 is 14.4 Å². The number of hydrogen-bond acceptors (Lipinski definition) is 3. The van der Waals surface area contributed by atoms with E-state index in [0.29, 0.717) is 31.0 Å². The van der Waals surface area contributed by atoms with Crippen LogP contribution in [0.3, 0.4) is 0 Å². The van der Waals surface area contributed by atoms with Crippen molar-refractivity contribution in [1.82, 2.24) is 15.8 Å². The van der Waals surface area contributed by atoms with Crippen LogP contribution >= 0.6 is 11.6 Å². The highest BCUT2D eigenvalue weighted by molar-refractivity contribution is 6.30. The standard InChI is InChI=1S/C23H24ClN3O3/c24-20-9-6-18(7-10-20)16-21(28)25-26-23(30)19-12-14-27(15-13-19)22(29)11-8-17-4-2-1-3-5-17/h1-11,19H,12-16H2,(H,25,28)(H,26,30)/b11-8+. The molecule has 0 radical (unpaired) electrons. The minimum absolute atomic E-state index is 0.0611. The molecule has 0 unspecified atom stereocenters. The third-order valence-electron chi connectivity index (χ3n) is 5.00. The van der Waals surface area contributed by atoms with E-state index in [1.165, 1.54) is 0 Å². The van der Waals surface area contributed by atoms with E-state index in [-0.39, 0.29) is 30.1 Å². The van der Waals surface area contributed by atoms with Crippen LogP contribution < -0.4 is 10.9 Å². The van der Waals surface area contributed by atoms with Gasteiger partial charge >= 0.3 is 0 Å². The third-order valence-corrected chi connectivity index (χ3v) is 5.25. The smallest absolute Gasteiger partial charge is 0.246 e. The summed E-state index contributed by atoms with van der Waals surface area (Å²) in [6.07, 6.45) is 4.62. The molecule has 0 spiro atoms. The third kappa shape index (κ3) is 6.46. The molecule has 1 saturated heterocycles. The van der Waals surface area contributed by atoms with Crippen LogP contribution in [0.2, 0.25) is 5.02 Å². The number of piperidine rings is 1. The number of hydrazine groups is 1. The monoisotopic (exact) mass is 425 g/mol. The molecular weight excluding hydrogens is 402 g/mol. The van der Waals surface area contributed by atoms with Crippen LogP contribution in [-0.2, 0) is 20.8 Å². The SMILES string of the molecule is O=C(Cc1ccc(Cl)cc1)NNC(=O)C1CCN(C(=O)/C=C/c2ccccc2)CC1. The number of rotatable bonds is 5. The number of benzene rings is 2. The highest BCUT2D eigenvalue weighted by Gasteiger charge is 2.26. The number of likely N-dealkylation sites (tertiary alicyclic amines) is 1. The maximum Gasteiger partial charge on any atom is 0.246 e. The van der Waals surface area contributed by atoms with E-state index >= 15 is 0 Å². The predicted molar refractivity (Wildman–Crippen MR) is 116 cm³/mol. The summed E-state index contributed by atoms with van der Waals surface area (Å²) in [5.41, 5.74) is 6.72. The van der Waals surface area contributed by atoms with E-state index in [2.05, 4.69) is 10.9 Å². The van der Waals surface area contributed by atoms with E-state index in [1.54, 1.807) is 41.3 Å². The lowest BCUT2D eigenvalue weighted by Gasteiger charge is -2.30. The summed E-state index contributed by atoms with van der Waals surface area (Å²) in [7, 11) is 0. The Morgan fingerprint density at radius 3 is 2.30 bits per heavy atom. The lowest BCUT2D eigenvalue weighted by atomic mass is 9.96. The Morgan fingerprint density at radius 2 is 1.63 bits per heavy atom. The Labute approximate surface area is 180 Å². The predicted octanol–water partition coefficient (Wildman–Crippen LogP) is 2.98.